The first-order valence-corrected chi connectivity index (χ1v) is 7.00. The van der Waals surface area contributed by atoms with Crippen LogP contribution >= 0.6 is 38.9 Å². The van der Waals surface area contributed by atoms with E-state index in [2.05, 4.69) is 15.9 Å². The number of benzene rings is 1. The first-order valence-electron chi connectivity index (χ1n) is 4.95. The summed E-state index contributed by atoms with van der Waals surface area (Å²) in [6.07, 6.45) is 0. The van der Waals surface area contributed by atoms with Crippen LogP contribution in [-0.2, 0) is 0 Å². The highest BCUT2D eigenvalue weighted by Crippen LogP contribution is 2.35. The van der Waals surface area contributed by atoms with Crippen LogP contribution in [-0.4, -0.2) is 7.11 Å². The summed E-state index contributed by atoms with van der Waals surface area (Å²) in [6, 6.07) is 7.35. The molecule has 90 valence electrons. The third-order valence-corrected chi connectivity index (χ3v) is 4.63. The third-order valence-electron chi connectivity index (χ3n) is 2.47. The summed E-state index contributed by atoms with van der Waals surface area (Å²) in [4.78, 5) is 0.959. The van der Waals surface area contributed by atoms with Crippen LogP contribution in [0, 0.1) is 0 Å². The molecule has 0 saturated carbocycles. The second-order valence-corrected chi connectivity index (χ2v) is 5.71. The van der Waals surface area contributed by atoms with E-state index in [9.17, 15) is 0 Å². The number of rotatable bonds is 3. The zero-order valence-electron chi connectivity index (χ0n) is 9.11. The minimum Gasteiger partial charge on any atom is -0.497 e. The van der Waals surface area contributed by atoms with E-state index in [0.29, 0.717) is 5.02 Å². The number of halogens is 2. The lowest BCUT2D eigenvalue weighted by Crippen LogP contribution is -2.11. The van der Waals surface area contributed by atoms with Crippen molar-refractivity contribution >= 4 is 38.9 Å². The SMILES string of the molecule is COc1ccc(Br)c(C(N)c2sccc2Cl)c1. The van der Waals surface area contributed by atoms with E-state index in [0.717, 1.165) is 20.7 Å². The maximum absolute atomic E-state index is 6.23. The molecule has 5 heteroatoms. The van der Waals surface area contributed by atoms with Gasteiger partial charge in [-0.15, -0.1) is 11.3 Å². The first kappa shape index (κ1) is 12.9. The Morgan fingerprint density at radius 3 is 2.76 bits per heavy atom. The van der Waals surface area contributed by atoms with Crippen LogP contribution in [0.4, 0.5) is 0 Å². The lowest BCUT2D eigenvalue weighted by molar-refractivity contribution is 0.414. The zero-order valence-corrected chi connectivity index (χ0v) is 12.3. The lowest BCUT2D eigenvalue weighted by atomic mass is 10.1. The van der Waals surface area contributed by atoms with Gasteiger partial charge in [0.15, 0.2) is 0 Å². The van der Waals surface area contributed by atoms with Gasteiger partial charge in [-0.3, -0.25) is 0 Å². The van der Waals surface area contributed by atoms with Crippen molar-refractivity contribution < 1.29 is 4.74 Å². The van der Waals surface area contributed by atoms with Gasteiger partial charge in [-0.1, -0.05) is 27.5 Å². The largest absolute Gasteiger partial charge is 0.497 e. The average Bonchev–Trinajstić information content (AvgIpc) is 2.75. The summed E-state index contributed by atoms with van der Waals surface area (Å²) >= 11 is 11.1. The maximum atomic E-state index is 6.23. The Bertz CT molecular complexity index is 529. The van der Waals surface area contributed by atoms with Gasteiger partial charge < -0.3 is 10.5 Å². The molecule has 1 aromatic carbocycles. The quantitative estimate of drug-likeness (QED) is 0.913. The number of hydrogen-bond donors (Lipinski definition) is 1. The number of thiophene rings is 1. The molecule has 0 bridgehead atoms. The van der Waals surface area contributed by atoms with Crippen LogP contribution in [0.1, 0.15) is 16.5 Å². The predicted octanol–water partition coefficient (Wildman–Crippen LogP) is 4.22. The molecular formula is C12H11BrClNOS. The standard InChI is InChI=1S/C12H11BrClNOS/c1-16-7-2-3-9(13)8(6-7)11(15)12-10(14)4-5-17-12/h2-6,11H,15H2,1H3. The Morgan fingerprint density at radius 2 is 2.18 bits per heavy atom. The van der Waals surface area contributed by atoms with Crippen LogP contribution in [0.25, 0.3) is 0 Å². The fourth-order valence-corrected chi connectivity index (χ4v) is 3.24. The van der Waals surface area contributed by atoms with Crippen molar-refractivity contribution in [3.63, 3.8) is 0 Å². The van der Waals surface area contributed by atoms with Gasteiger partial charge in [0.05, 0.1) is 18.2 Å². The van der Waals surface area contributed by atoms with Gasteiger partial charge in [0, 0.05) is 9.35 Å². The molecule has 0 radical (unpaired) electrons. The van der Waals surface area contributed by atoms with E-state index in [4.69, 9.17) is 22.1 Å². The molecule has 1 aromatic heterocycles. The number of methoxy groups -OCH3 is 1. The molecule has 17 heavy (non-hydrogen) atoms. The smallest absolute Gasteiger partial charge is 0.119 e. The van der Waals surface area contributed by atoms with Crippen molar-refractivity contribution in [3.8, 4) is 5.75 Å². The fourth-order valence-electron chi connectivity index (χ4n) is 1.56. The van der Waals surface area contributed by atoms with Crippen molar-refractivity contribution in [1.82, 2.24) is 0 Å². The molecule has 1 heterocycles. The highest BCUT2D eigenvalue weighted by molar-refractivity contribution is 9.10. The molecule has 0 fully saturated rings. The third kappa shape index (κ3) is 2.65. The molecule has 0 spiro atoms. The molecule has 1 unspecified atom stereocenters. The summed E-state index contributed by atoms with van der Waals surface area (Å²) in [5.74, 6) is 0.784. The van der Waals surface area contributed by atoms with E-state index in [1.165, 1.54) is 0 Å². The number of ether oxygens (including phenoxy) is 1. The van der Waals surface area contributed by atoms with E-state index < -0.39 is 0 Å². The topological polar surface area (TPSA) is 35.2 Å². The molecule has 1 atom stereocenters. The van der Waals surface area contributed by atoms with Crippen LogP contribution < -0.4 is 10.5 Å². The average molecular weight is 333 g/mol. The lowest BCUT2D eigenvalue weighted by Gasteiger charge is -2.14. The van der Waals surface area contributed by atoms with E-state index in [-0.39, 0.29) is 6.04 Å². The Kier molecular flexibility index (Phi) is 4.09. The molecule has 0 aliphatic carbocycles. The van der Waals surface area contributed by atoms with E-state index >= 15 is 0 Å². The monoisotopic (exact) mass is 331 g/mol. The van der Waals surface area contributed by atoms with Gasteiger partial charge in [-0.25, -0.2) is 0 Å². The Morgan fingerprint density at radius 1 is 1.41 bits per heavy atom. The van der Waals surface area contributed by atoms with Gasteiger partial charge in [0.1, 0.15) is 5.75 Å². The Labute approximate surface area is 117 Å². The van der Waals surface area contributed by atoms with Crippen molar-refractivity contribution in [2.45, 2.75) is 6.04 Å². The Balaban J connectivity index is 2.43. The molecule has 2 nitrogen and oxygen atoms in total. The van der Waals surface area contributed by atoms with Crippen molar-refractivity contribution in [2.75, 3.05) is 7.11 Å². The van der Waals surface area contributed by atoms with Crippen molar-refractivity contribution in [1.29, 1.82) is 0 Å². The van der Waals surface area contributed by atoms with Gasteiger partial charge >= 0.3 is 0 Å². The highest BCUT2D eigenvalue weighted by Gasteiger charge is 2.17. The molecule has 2 rings (SSSR count). The normalized spacial score (nSPS) is 12.5. The minimum absolute atomic E-state index is 0.244. The molecule has 2 N–H and O–H groups in total. The highest BCUT2D eigenvalue weighted by atomic mass is 79.9. The van der Waals surface area contributed by atoms with Gasteiger partial charge in [0.2, 0.25) is 0 Å². The van der Waals surface area contributed by atoms with Crippen LogP contribution in [0.15, 0.2) is 34.1 Å². The summed E-state index contributed by atoms with van der Waals surface area (Å²) in [7, 11) is 1.64. The summed E-state index contributed by atoms with van der Waals surface area (Å²) in [5.41, 5.74) is 7.19. The van der Waals surface area contributed by atoms with Gasteiger partial charge in [-0.05, 0) is 35.2 Å². The van der Waals surface area contributed by atoms with Crippen LogP contribution in [0.3, 0.4) is 0 Å². The second kappa shape index (κ2) is 5.40. The van der Waals surface area contributed by atoms with Crippen molar-refractivity contribution in [3.05, 3.63) is 49.6 Å². The van der Waals surface area contributed by atoms with Crippen LogP contribution in [0.5, 0.6) is 5.75 Å². The van der Waals surface area contributed by atoms with Gasteiger partial charge in [-0.2, -0.15) is 0 Å². The molecular weight excluding hydrogens is 322 g/mol. The van der Waals surface area contributed by atoms with Gasteiger partial charge in [0.25, 0.3) is 0 Å². The molecule has 0 saturated heterocycles. The zero-order chi connectivity index (χ0) is 12.4. The maximum Gasteiger partial charge on any atom is 0.119 e. The van der Waals surface area contributed by atoms with E-state index in [1.807, 2.05) is 29.6 Å². The molecule has 0 aliphatic heterocycles. The predicted molar refractivity (Wildman–Crippen MR) is 76.1 cm³/mol. The van der Waals surface area contributed by atoms with Crippen LogP contribution in [0.2, 0.25) is 5.02 Å². The summed E-state index contributed by atoms with van der Waals surface area (Å²) in [6.45, 7) is 0. The van der Waals surface area contributed by atoms with Crippen molar-refractivity contribution in [2.24, 2.45) is 5.73 Å². The number of nitrogens with two attached hydrogens (primary N) is 1. The second-order valence-electron chi connectivity index (χ2n) is 3.50. The molecule has 0 aliphatic rings. The summed E-state index contributed by atoms with van der Waals surface area (Å²) in [5, 5.41) is 2.64. The first-order chi connectivity index (χ1) is 8.13. The Hall–Kier alpha value is -0.550. The fraction of sp³-hybridized carbons (Fsp3) is 0.167. The molecule has 0 amide bonds. The molecule has 2 aromatic rings. The minimum atomic E-state index is -0.244. The summed E-state index contributed by atoms with van der Waals surface area (Å²) < 4.78 is 6.16. The van der Waals surface area contributed by atoms with E-state index in [1.54, 1.807) is 18.4 Å². The number of hydrogen-bond acceptors (Lipinski definition) is 3.